The van der Waals surface area contributed by atoms with E-state index >= 15 is 0 Å². The molecule has 4 rings (SSSR count). The van der Waals surface area contributed by atoms with Crippen molar-refractivity contribution < 1.29 is 14.4 Å². The lowest BCUT2D eigenvalue weighted by atomic mass is 10.1. The Morgan fingerprint density at radius 2 is 1.83 bits per heavy atom. The van der Waals surface area contributed by atoms with E-state index in [1.165, 1.54) is 0 Å². The van der Waals surface area contributed by atoms with Gasteiger partial charge in [-0.15, -0.1) is 0 Å². The minimum atomic E-state index is -0.607. The van der Waals surface area contributed by atoms with Crippen molar-refractivity contribution in [2.45, 2.75) is 20.4 Å². The summed E-state index contributed by atoms with van der Waals surface area (Å²) in [5.41, 5.74) is 3.73. The van der Waals surface area contributed by atoms with E-state index in [0.29, 0.717) is 5.69 Å². The fourth-order valence-electron chi connectivity index (χ4n) is 3.50. The maximum atomic E-state index is 12.8. The van der Waals surface area contributed by atoms with Crippen molar-refractivity contribution in [3.8, 4) is 0 Å². The van der Waals surface area contributed by atoms with E-state index < -0.39 is 17.8 Å². The van der Waals surface area contributed by atoms with E-state index in [2.05, 4.69) is 15.2 Å². The normalized spacial score (nSPS) is 15.1. The number of carbonyl (C=O) groups is 3. The van der Waals surface area contributed by atoms with Crippen LogP contribution < -0.4 is 10.6 Å². The van der Waals surface area contributed by atoms with Gasteiger partial charge in [-0.05, 0) is 38.1 Å². The molecular weight excluding hydrogens is 380 g/mol. The lowest BCUT2D eigenvalue weighted by Crippen LogP contribution is -2.38. The summed E-state index contributed by atoms with van der Waals surface area (Å²) >= 11 is 0. The molecule has 7 nitrogen and oxygen atoms in total. The average molecular weight is 402 g/mol. The number of benzene rings is 2. The number of amides is 4. The van der Waals surface area contributed by atoms with Crippen molar-refractivity contribution in [3.05, 3.63) is 71.6 Å². The molecule has 0 radical (unpaired) electrons. The van der Waals surface area contributed by atoms with E-state index in [4.69, 9.17) is 0 Å². The second-order valence-electron chi connectivity index (χ2n) is 7.18. The highest BCUT2D eigenvalue weighted by atomic mass is 16.2. The van der Waals surface area contributed by atoms with Crippen molar-refractivity contribution in [2.75, 3.05) is 11.9 Å². The zero-order valence-corrected chi connectivity index (χ0v) is 16.8. The molecule has 0 aliphatic carbocycles. The Bertz CT molecular complexity index is 1170. The number of para-hydroxylation sites is 1. The van der Waals surface area contributed by atoms with Crippen LogP contribution in [0.5, 0.6) is 0 Å². The molecule has 152 valence electrons. The minimum absolute atomic E-state index is 0.155. The van der Waals surface area contributed by atoms with Crippen molar-refractivity contribution in [1.82, 2.24) is 14.8 Å². The van der Waals surface area contributed by atoms with Crippen LogP contribution in [-0.4, -0.2) is 33.9 Å². The predicted octanol–water partition coefficient (Wildman–Crippen LogP) is 3.50. The predicted molar refractivity (Wildman–Crippen MR) is 116 cm³/mol. The number of hydrogen-bond acceptors (Lipinski definition) is 3. The van der Waals surface area contributed by atoms with Crippen LogP contribution in [0.1, 0.15) is 18.1 Å². The average Bonchev–Trinajstić information content (AvgIpc) is 3.22. The smallest absolute Gasteiger partial charge is 0.329 e. The summed E-state index contributed by atoms with van der Waals surface area (Å²) in [5, 5.41) is 6.27. The SMILES string of the molecule is CCn1cc(C=C2NC(=O)N(CC(=O)Nc3ccc(C)cc3)C2=O)c2ccccc21. The molecule has 2 aromatic carbocycles. The van der Waals surface area contributed by atoms with E-state index in [1.54, 1.807) is 18.2 Å². The molecule has 1 fully saturated rings. The first-order valence-electron chi connectivity index (χ1n) is 9.75. The number of anilines is 1. The van der Waals surface area contributed by atoms with E-state index in [9.17, 15) is 14.4 Å². The number of rotatable bonds is 5. The van der Waals surface area contributed by atoms with Crippen LogP contribution in [0.2, 0.25) is 0 Å². The standard InChI is InChI=1S/C23H22N4O3/c1-3-26-13-16(18-6-4-5-7-20(18)26)12-19-22(29)27(23(30)25-19)14-21(28)24-17-10-8-15(2)9-11-17/h4-13H,3,14H2,1-2H3,(H,24,28)(H,25,30). The fourth-order valence-corrected chi connectivity index (χ4v) is 3.50. The molecule has 4 amide bonds. The first-order chi connectivity index (χ1) is 14.5. The summed E-state index contributed by atoms with van der Waals surface area (Å²) in [6.07, 6.45) is 3.61. The van der Waals surface area contributed by atoms with Crippen molar-refractivity contribution in [3.63, 3.8) is 0 Å². The number of nitrogens with zero attached hydrogens (tertiary/aromatic N) is 2. The molecule has 30 heavy (non-hydrogen) atoms. The summed E-state index contributed by atoms with van der Waals surface area (Å²) in [6.45, 7) is 4.42. The van der Waals surface area contributed by atoms with E-state index in [1.807, 2.05) is 56.4 Å². The van der Waals surface area contributed by atoms with Crippen LogP contribution in [0, 0.1) is 6.92 Å². The van der Waals surface area contributed by atoms with Gasteiger partial charge in [-0.25, -0.2) is 9.69 Å². The highest BCUT2D eigenvalue weighted by Gasteiger charge is 2.35. The molecule has 0 saturated carbocycles. The first kappa shape index (κ1) is 19.4. The van der Waals surface area contributed by atoms with Gasteiger partial charge in [-0.2, -0.15) is 0 Å². The van der Waals surface area contributed by atoms with Crippen LogP contribution >= 0.6 is 0 Å². The van der Waals surface area contributed by atoms with Gasteiger partial charge < -0.3 is 15.2 Å². The molecule has 1 aliphatic rings. The van der Waals surface area contributed by atoms with Gasteiger partial charge in [0.25, 0.3) is 5.91 Å². The number of urea groups is 1. The van der Waals surface area contributed by atoms with Gasteiger partial charge in [0, 0.05) is 34.9 Å². The lowest BCUT2D eigenvalue weighted by molar-refractivity contribution is -0.127. The highest BCUT2D eigenvalue weighted by Crippen LogP contribution is 2.24. The van der Waals surface area contributed by atoms with Gasteiger partial charge in [-0.3, -0.25) is 9.59 Å². The van der Waals surface area contributed by atoms with Gasteiger partial charge in [0.2, 0.25) is 5.91 Å². The molecule has 0 unspecified atom stereocenters. The molecule has 1 saturated heterocycles. The molecule has 3 aromatic rings. The second-order valence-corrected chi connectivity index (χ2v) is 7.18. The molecule has 7 heteroatoms. The van der Waals surface area contributed by atoms with Crippen LogP contribution in [0.25, 0.3) is 17.0 Å². The number of aryl methyl sites for hydroxylation is 2. The zero-order chi connectivity index (χ0) is 21.3. The highest BCUT2D eigenvalue weighted by molar-refractivity contribution is 6.16. The Hall–Kier alpha value is -3.87. The number of imide groups is 1. The first-order valence-corrected chi connectivity index (χ1v) is 9.75. The van der Waals surface area contributed by atoms with Gasteiger partial charge in [0.15, 0.2) is 0 Å². The Morgan fingerprint density at radius 3 is 2.57 bits per heavy atom. The molecule has 0 spiro atoms. The van der Waals surface area contributed by atoms with Crippen molar-refractivity contribution in [1.29, 1.82) is 0 Å². The second kappa shape index (κ2) is 7.87. The number of fused-ring (bicyclic) bond motifs is 1. The molecule has 1 aromatic heterocycles. The Kier molecular flexibility index (Phi) is 5.10. The third-order valence-electron chi connectivity index (χ3n) is 5.06. The number of aromatic nitrogens is 1. The topological polar surface area (TPSA) is 83.4 Å². The van der Waals surface area contributed by atoms with Gasteiger partial charge >= 0.3 is 6.03 Å². The molecular formula is C23H22N4O3. The summed E-state index contributed by atoms with van der Waals surface area (Å²) in [4.78, 5) is 38.3. The van der Waals surface area contributed by atoms with Gasteiger partial charge in [-0.1, -0.05) is 35.9 Å². The molecule has 1 aliphatic heterocycles. The molecule has 2 heterocycles. The Balaban J connectivity index is 1.53. The number of carbonyl (C=O) groups excluding carboxylic acids is 3. The number of hydrogen-bond donors (Lipinski definition) is 2. The maximum Gasteiger partial charge on any atom is 0.329 e. The van der Waals surface area contributed by atoms with Crippen LogP contribution in [0.3, 0.4) is 0 Å². The van der Waals surface area contributed by atoms with Crippen LogP contribution in [-0.2, 0) is 16.1 Å². The largest absolute Gasteiger partial charge is 0.347 e. The third-order valence-corrected chi connectivity index (χ3v) is 5.06. The minimum Gasteiger partial charge on any atom is -0.347 e. The molecule has 2 N–H and O–H groups in total. The Labute approximate surface area is 174 Å². The van der Waals surface area contributed by atoms with Gasteiger partial charge in [0.05, 0.1) is 0 Å². The summed E-state index contributed by atoms with van der Waals surface area (Å²) in [7, 11) is 0. The quantitative estimate of drug-likeness (QED) is 0.506. The number of nitrogens with one attached hydrogen (secondary N) is 2. The van der Waals surface area contributed by atoms with E-state index in [0.717, 1.165) is 33.5 Å². The summed E-state index contributed by atoms with van der Waals surface area (Å²) in [5.74, 6) is -0.960. The lowest BCUT2D eigenvalue weighted by Gasteiger charge is -2.12. The maximum absolute atomic E-state index is 12.8. The fraction of sp³-hybridized carbons (Fsp3) is 0.174. The van der Waals surface area contributed by atoms with Crippen LogP contribution in [0.15, 0.2) is 60.4 Å². The summed E-state index contributed by atoms with van der Waals surface area (Å²) in [6, 6.07) is 14.6. The van der Waals surface area contributed by atoms with Crippen molar-refractivity contribution in [2.24, 2.45) is 0 Å². The van der Waals surface area contributed by atoms with Gasteiger partial charge in [0.1, 0.15) is 12.2 Å². The van der Waals surface area contributed by atoms with Crippen LogP contribution in [0.4, 0.5) is 10.5 Å². The molecule has 0 bridgehead atoms. The van der Waals surface area contributed by atoms with E-state index in [-0.39, 0.29) is 12.2 Å². The van der Waals surface area contributed by atoms with Crippen molar-refractivity contribution >= 4 is 40.5 Å². The Morgan fingerprint density at radius 1 is 1.10 bits per heavy atom. The zero-order valence-electron chi connectivity index (χ0n) is 16.8. The molecule has 0 atom stereocenters. The summed E-state index contributed by atoms with van der Waals surface area (Å²) < 4.78 is 2.08. The third kappa shape index (κ3) is 3.69. The monoisotopic (exact) mass is 402 g/mol.